The molecule has 0 saturated heterocycles. The van der Waals surface area contributed by atoms with Crippen LogP contribution in [0.2, 0.25) is 0 Å². The van der Waals surface area contributed by atoms with Crippen molar-refractivity contribution in [3.63, 3.8) is 0 Å². The van der Waals surface area contributed by atoms with Crippen molar-refractivity contribution >= 4 is 5.91 Å². The molecule has 1 aromatic carbocycles. The standard InChI is InChI=1S/C21H29N3O/c1-13(24-17(5)14(2)15(3)23-24)11-21(25)22-16(4)19-10-9-18-7-6-8-20(18)12-19/h9-10,12-13,16H,6-8,11H2,1-5H3,(H,22,25)/t13-,16-/m1/s1. The fourth-order valence-corrected chi connectivity index (χ4v) is 3.77. The lowest BCUT2D eigenvalue weighted by molar-refractivity contribution is -0.122. The number of benzene rings is 1. The number of hydrogen-bond acceptors (Lipinski definition) is 2. The molecule has 3 rings (SSSR count). The van der Waals surface area contributed by atoms with Crippen LogP contribution in [0, 0.1) is 20.8 Å². The monoisotopic (exact) mass is 339 g/mol. The zero-order valence-corrected chi connectivity index (χ0v) is 16.0. The third-order valence-electron chi connectivity index (χ3n) is 5.59. The van der Waals surface area contributed by atoms with Crippen molar-refractivity contribution in [2.24, 2.45) is 0 Å². The first-order valence-electron chi connectivity index (χ1n) is 9.30. The minimum atomic E-state index is 0.0350. The second-order valence-corrected chi connectivity index (χ2v) is 7.46. The highest BCUT2D eigenvalue weighted by Crippen LogP contribution is 2.25. The van der Waals surface area contributed by atoms with E-state index in [2.05, 4.69) is 56.3 Å². The second kappa shape index (κ2) is 7.03. The van der Waals surface area contributed by atoms with Crippen LogP contribution in [0.15, 0.2) is 18.2 Å². The van der Waals surface area contributed by atoms with Gasteiger partial charge in [-0.15, -0.1) is 0 Å². The summed E-state index contributed by atoms with van der Waals surface area (Å²) in [6.45, 7) is 10.3. The maximum Gasteiger partial charge on any atom is 0.222 e. The molecular formula is C21H29N3O. The first-order chi connectivity index (χ1) is 11.9. The van der Waals surface area contributed by atoms with Crippen molar-refractivity contribution in [3.05, 3.63) is 51.8 Å². The summed E-state index contributed by atoms with van der Waals surface area (Å²) in [5.41, 5.74) is 7.50. The van der Waals surface area contributed by atoms with Crippen LogP contribution in [-0.4, -0.2) is 15.7 Å². The Hall–Kier alpha value is -2.10. The lowest BCUT2D eigenvalue weighted by atomic mass is 10.0. The Balaban J connectivity index is 1.62. The third kappa shape index (κ3) is 3.63. The number of fused-ring (bicyclic) bond motifs is 1. The molecule has 0 unspecified atom stereocenters. The Bertz CT molecular complexity index is 791. The van der Waals surface area contributed by atoms with E-state index in [0.717, 1.165) is 17.8 Å². The van der Waals surface area contributed by atoms with Gasteiger partial charge in [0.25, 0.3) is 0 Å². The van der Waals surface area contributed by atoms with Gasteiger partial charge < -0.3 is 5.32 Å². The molecule has 4 heteroatoms. The lowest BCUT2D eigenvalue weighted by Gasteiger charge is -2.18. The van der Waals surface area contributed by atoms with E-state index in [1.54, 1.807) is 0 Å². The molecular weight excluding hydrogens is 310 g/mol. The van der Waals surface area contributed by atoms with Crippen LogP contribution >= 0.6 is 0 Å². The summed E-state index contributed by atoms with van der Waals surface area (Å²) in [5, 5.41) is 7.72. The average molecular weight is 339 g/mol. The molecule has 1 N–H and O–H groups in total. The molecule has 134 valence electrons. The van der Waals surface area contributed by atoms with Crippen LogP contribution in [0.4, 0.5) is 0 Å². The van der Waals surface area contributed by atoms with Gasteiger partial charge in [0.15, 0.2) is 0 Å². The number of nitrogens with zero attached hydrogens (tertiary/aromatic N) is 2. The van der Waals surface area contributed by atoms with Gasteiger partial charge in [-0.3, -0.25) is 9.48 Å². The Kier molecular flexibility index (Phi) is 4.98. The van der Waals surface area contributed by atoms with Gasteiger partial charge >= 0.3 is 0 Å². The van der Waals surface area contributed by atoms with Gasteiger partial charge in [0.2, 0.25) is 5.91 Å². The fraction of sp³-hybridized carbons (Fsp3) is 0.524. The molecule has 0 saturated carbocycles. The molecule has 0 radical (unpaired) electrons. The summed E-state index contributed by atoms with van der Waals surface area (Å²) in [6.07, 6.45) is 4.05. The molecule has 2 atom stereocenters. The van der Waals surface area contributed by atoms with Crippen molar-refractivity contribution in [3.8, 4) is 0 Å². The largest absolute Gasteiger partial charge is 0.350 e. The minimum Gasteiger partial charge on any atom is -0.350 e. The van der Waals surface area contributed by atoms with E-state index in [-0.39, 0.29) is 18.0 Å². The van der Waals surface area contributed by atoms with Crippen LogP contribution in [0.5, 0.6) is 0 Å². The summed E-state index contributed by atoms with van der Waals surface area (Å²) in [6, 6.07) is 6.73. The van der Waals surface area contributed by atoms with Crippen molar-refractivity contribution in [2.75, 3.05) is 0 Å². The van der Waals surface area contributed by atoms with Gasteiger partial charge in [0, 0.05) is 12.1 Å². The first kappa shape index (κ1) is 17.7. The number of nitrogens with one attached hydrogen (secondary N) is 1. The zero-order chi connectivity index (χ0) is 18.1. The van der Waals surface area contributed by atoms with Gasteiger partial charge in [-0.05, 0) is 76.1 Å². The molecule has 1 aliphatic carbocycles. The van der Waals surface area contributed by atoms with Crippen LogP contribution in [-0.2, 0) is 17.6 Å². The average Bonchev–Trinajstić information content (AvgIpc) is 3.14. The normalized spacial score (nSPS) is 15.7. The highest BCUT2D eigenvalue weighted by molar-refractivity contribution is 5.76. The van der Waals surface area contributed by atoms with E-state index in [1.807, 2.05) is 11.6 Å². The van der Waals surface area contributed by atoms with E-state index in [4.69, 9.17) is 0 Å². The molecule has 0 bridgehead atoms. The first-order valence-corrected chi connectivity index (χ1v) is 9.30. The van der Waals surface area contributed by atoms with Crippen LogP contribution in [0.1, 0.15) is 72.4 Å². The summed E-state index contributed by atoms with van der Waals surface area (Å²) in [4.78, 5) is 12.5. The third-order valence-corrected chi connectivity index (χ3v) is 5.59. The van der Waals surface area contributed by atoms with Gasteiger partial charge in [0.05, 0.1) is 17.8 Å². The Morgan fingerprint density at radius 3 is 2.60 bits per heavy atom. The molecule has 4 nitrogen and oxygen atoms in total. The number of amides is 1. The number of aryl methyl sites for hydroxylation is 3. The quantitative estimate of drug-likeness (QED) is 0.890. The lowest BCUT2D eigenvalue weighted by Crippen LogP contribution is -2.29. The SMILES string of the molecule is Cc1nn([C@H](C)CC(=O)N[C@H](C)c2ccc3c(c2)CCC3)c(C)c1C. The van der Waals surface area contributed by atoms with Gasteiger partial charge in [0.1, 0.15) is 0 Å². The van der Waals surface area contributed by atoms with E-state index >= 15 is 0 Å². The van der Waals surface area contributed by atoms with Gasteiger partial charge in [-0.2, -0.15) is 5.10 Å². The van der Waals surface area contributed by atoms with E-state index in [1.165, 1.54) is 35.1 Å². The highest BCUT2D eigenvalue weighted by atomic mass is 16.1. The van der Waals surface area contributed by atoms with E-state index in [0.29, 0.717) is 6.42 Å². The van der Waals surface area contributed by atoms with Crippen LogP contribution in [0.3, 0.4) is 0 Å². The molecule has 0 aliphatic heterocycles. The Morgan fingerprint density at radius 1 is 1.20 bits per heavy atom. The van der Waals surface area contributed by atoms with E-state index in [9.17, 15) is 4.79 Å². The molecule has 25 heavy (non-hydrogen) atoms. The summed E-state index contributed by atoms with van der Waals surface area (Å²) >= 11 is 0. The molecule has 1 heterocycles. The van der Waals surface area contributed by atoms with Crippen molar-refractivity contribution in [1.29, 1.82) is 0 Å². The van der Waals surface area contributed by atoms with Gasteiger partial charge in [-0.25, -0.2) is 0 Å². The van der Waals surface area contributed by atoms with Crippen LogP contribution in [0.25, 0.3) is 0 Å². The highest BCUT2D eigenvalue weighted by Gasteiger charge is 2.19. The number of hydrogen-bond donors (Lipinski definition) is 1. The molecule has 2 aromatic rings. The zero-order valence-electron chi connectivity index (χ0n) is 16.0. The van der Waals surface area contributed by atoms with E-state index < -0.39 is 0 Å². The summed E-state index contributed by atoms with van der Waals surface area (Å²) < 4.78 is 1.98. The predicted molar refractivity (Wildman–Crippen MR) is 101 cm³/mol. The number of rotatable bonds is 5. The maximum atomic E-state index is 12.5. The number of carbonyl (C=O) groups excluding carboxylic acids is 1. The topological polar surface area (TPSA) is 46.9 Å². The number of carbonyl (C=O) groups is 1. The molecule has 0 fully saturated rings. The molecule has 1 amide bonds. The Morgan fingerprint density at radius 2 is 1.92 bits per heavy atom. The van der Waals surface area contributed by atoms with Crippen LogP contribution < -0.4 is 5.32 Å². The summed E-state index contributed by atoms with van der Waals surface area (Å²) in [5.74, 6) is 0.0747. The Labute approximate surface area is 150 Å². The van der Waals surface area contributed by atoms with Crippen molar-refractivity contribution in [1.82, 2.24) is 15.1 Å². The minimum absolute atomic E-state index is 0.0350. The smallest absolute Gasteiger partial charge is 0.222 e. The number of aromatic nitrogens is 2. The maximum absolute atomic E-state index is 12.5. The molecule has 0 spiro atoms. The second-order valence-electron chi connectivity index (χ2n) is 7.46. The fourth-order valence-electron chi connectivity index (χ4n) is 3.77. The predicted octanol–water partition coefficient (Wildman–Crippen LogP) is 4.13. The summed E-state index contributed by atoms with van der Waals surface area (Å²) in [7, 11) is 0. The van der Waals surface area contributed by atoms with Gasteiger partial charge in [-0.1, -0.05) is 18.2 Å². The molecule has 1 aliphatic rings. The van der Waals surface area contributed by atoms with Crippen molar-refractivity contribution < 1.29 is 4.79 Å². The van der Waals surface area contributed by atoms with Crippen molar-refractivity contribution in [2.45, 2.75) is 72.4 Å². The molecule has 1 aromatic heterocycles.